The fourth-order valence-corrected chi connectivity index (χ4v) is 1.19. The van der Waals surface area contributed by atoms with Gasteiger partial charge in [0.15, 0.2) is 0 Å². The van der Waals surface area contributed by atoms with Gasteiger partial charge in [-0.2, -0.15) is 0 Å². The molecule has 0 spiro atoms. The van der Waals surface area contributed by atoms with Gasteiger partial charge in [-0.1, -0.05) is 11.6 Å². The molecule has 0 saturated heterocycles. The van der Waals surface area contributed by atoms with E-state index in [1.54, 1.807) is 0 Å². The van der Waals surface area contributed by atoms with Gasteiger partial charge in [-0.15, -0.1) is 0 Å². The second kappa shape index (κ2) is 4.28. The van der Waals surface area contributed by atoms with Crippen molar-refractivity contribution in [2.45, 2.75) is 6.42 Å². The summed E-state index contributed by atoms with van der Waals surface area (Å²) in [6.07, 6.45) is -0.0141. The molecule has 0 fully saturated rings. The van der Waals surface area contributed by atoms with Gasteiger partial charge >= 0.3 is 5.97 Å². The summed E-state index contributed by atoms with van der Waals surface area (Å²) in [5.74, 6) is -1.04. The lowest BCUT2D eigenvalue weighted by molar-refractivity contribution is -0.139. The van der Waals surface area contributed by atoms with Crippen LogP contribution >= 0.6 is 11.6 Å². The van der Waals surface area contributed by atoms with E-state index < -0.39 is 11.8 Å². The van der Waals surface area contributed by atoms with Crippen molar-refractivity contribution in [2.24, 2.45) is 0 Å². The number of methoxy groups -OCH3 is 1. The predicted octanol–water partition coefficient (Wildman–Crippen LogP) is 1.78. The van der Waals surface area contributed by atoms with Crippen LogP contribution in [0.2, 0.25) is 5.02 Å². The zero-order valence-electron chi connectivity index (χ0n) is 7.51. The number of benzene rings is 1. The quantitative estimate of drug-likeness (QED) is 0.607. The molecule has 14 heavy (non-hydrogen) atoms. The zero-order valence-corrected chi connectivity index (χ0v) is 8.27. The highest BCUT2D eigenvalue weighted by Crippen LogP contribution is 2.22. The average Bonchev–Trinajstić information content (AvgIpc) is 2.14. The first-order valence-electron chi connectivity index (χ1n) is 3.84. The molecule has 0 saturated carbocycles. The number of rotatable bonds is 2. The predicted molar refractivity (Wildman–Crippen MR) is 51.5 cm³/mol. The van der Waals surface area contributed by atoms with Gasteiger partial charge in [-0.25, -0.2) is 4.39 Å². The number of hydrogen-bond acceptors (Lipinski definition) is 3. The molecule has 1 rings (SSSR count). The summed E-state index contributed by atoms with van der Waals surface area (Å²) < 4.78 is 17.3. The Morgan fingerprint density at radius 2 is 2.29 bits per heavy atom. The molecular formula is C9H9ClFNO2. The van der Waals surface area contributed by atoms with E-state index >= 15 is 0 Å². The highest BCUT2D eigenvalue weighted by Gasteiger charge is 2.10. The van der Waals surface area contributed by atoms with Crippen LogP contribution < -0.4 is 5.73 Å². The van der Waals surface area contributed by atoms with Gasteiger partial charge in [-0.05, 0) is 17.7 Å². The molecule has 1 aromatic rings. The van der Waals surface area contributed by atoms with Crippen molar-refractivity contribution < 1.29 is 13.9 Å². The van der Waals surface area contributed by atoms with Crippen molar-refractivity contribution in [3.05, 3.63) is 28.5 Å². The molecular weight excluding hydrogens is 209 g/mol. The SMILES string of the molecule is COC(=O)Cc1cc(N)c(F)cc1Cl. The second-order valence-corrected chi connectivity index (χ2v) is 3.13. The van der Waals surface area contributed by atoms with Crippen LogP contribution in [-0.4, -0.2) is 13.1 Å². The third-order valence-corrected chi connectivity index (χ3v) is 2.08. The molecule has 0 amide bonds. The Bertz CT molecular complexity index is 368. The first kappa shape index (κ1) is 10.8. The molecule has 5 heteroatoms. The van der Waals surface area contributed by atoms with Gasteiger partial charge in [0, 0.05) is 5.02 Å². The maximum absolute atomic E-state index is 12.9. The van der Waals surface area contributed by atoms with Crippen LogP contribution in [0.25, 0.3) is 0 Å². The molecule has 0 aromatic heterocycles. The van der Waals surface area contributed by atoms with Crippen LogP contribution in [0.4, 0.5) is 10.1 Å². The second-order valence-electron chi connectivity index (χ2n) is 2.72. The fraction of sp³-hybridized carbons (Fsp3) is 0.222. The summed E-state index contributed by atoms with van der Waals surface area (Å²) in [5, 5.41) is 0.169. The summed E-state index contributed by atoms with van der Waals surface area (Å²) >= 11 is 5.70. The summed E-state index contributed by atoms with van der Waals surface area (Å²) in [6.45, 7) is 0. The number of nitrogen functional groups attached to an aromatic ring is 1. The minimum Gasteiger partial charge on any atom is -0.469 e. The van der Waals surface area contributed by atoms with Crippen LogP contribution in [0.1, 0.15) is 5.56 Å². The lowest BCUT2D eigenvalue weighted by Gasteiger charge is -2.05. The van der Waals surface area contributed by atoms with E-state index in [0.29, 0.717) is 5.56 Å². The third-order valence-electron chi connectivity index (χ3n) is 1.73. The number of carbonyl (C=O) groups excluding carboxylic acids is 1. The minimum atomic E-state index is -0.594. The van der Waals surface area contributed by atoms with Crippen LogP contribution in [0.3, 0.4) is 0 Å². The Kier molecular flexibility index (Phi) is 3.30. The normalized spacial score (nSPS) is 9.93. The van der Waals surface area contributed by atoms with Crippen LogP contribution in [0.15, 0.2) is 12.1 Å². The molecule has 0 atom stereocenters. The van der Waals surface area contributed by atoms with Gasteiger partial charge in [0.2, 0.25) is 0 Å². The van der Waals surface area contributed by atoms with Gasteiger partial charge < -0.3 is 10.5 Å². The number of esters is 1. The third kappa shape index (κ3) is 2.35. The number of anilines is 1. The number of ether oxygens (including phenoxy) is 1. The molecule has 0 aliphatic carbocycles. The van der Waals surface area contributed by atoms with Gasteiger partial charge in [-0.3, -0.25) is 4.79 Å². The average molecular weight is 218 g/mol. The lowest BCUT2D eigenvalue weighted by atomic mass is 10.1. The van der Waals surface area contributed by atoms with Crippen molar-refractivity contribution in [1.82, 2.24) is 0 Å². The number of carbonyl (C=O) groups is 1. The van der Waals surface area contributed by atoms with E-state index in [4.69, 9.17) is 17.3 Å². The molecule has 0 aliphatic heterocycles. The maximum Gasteiger partial charge on any atom is 0.310 e. The first-order chi connectivity index (χ1) is 6.54. The van der Waals surface area contributed by atoms with Gasteiger partial charge in [0.1, 0.15) is 5.82 Å². The molecule has 0 bridgehead atoms. The van der Waals surface area contributed by atoms with E-state index in [1.807, 2.05) is 0 Å². The molecule has 0 aliphatic rings. The van der Waals surface area contributed by atoms with Crippen molar-refractivity contribution in [2.75, 3.05) is 12.8 Å². The van der Waals surface area contributed by atoms with E-state index in [0.717, 1.165) is 6.07 Å². The smallest absolute Gasteiger partial charge is 0.310 e. The van der Waals surface area contributed by atoms with Crippen molar-refractivity contribution in [3.63, 3.8) is 0 Å². The van der Waals surface area contributed by atoms with E-state index in [9.17, 15) is 9.18 Å². The summed E-state index contributed by atoms with van der Waals surface area (Å²) in [6, 6.07) is 2.41. The van der Waals surface area contributed by atoms with Crippen molar-refractivity contribution in [3.8, 4) is 0 Å². The Morgan fingerprint density at radius 1 is 1.64 bits per heavy atom. The standard InChI is InChI=1S/C9H9ClFNO2/c1-14-9(13)3-5-2-8(12)7(11)4-6(5)10/h2,4H,3,12H2,1H3. The highest BCUT2D eigenvalue weighted by molar-refractivity contribution is 6.31. The van der Waals surface area contributed by atoms with E-state index in [1.165, 1.54) is 13.2 Å². The van der Waals surface area contributed by atoms with Gasteiger partial charge in [0.05, 0.1) is 19.2 Å². The Hall–Kier alpha value is -1.29. The van der Waals surface area contributed by atoms with E-state index in [-0.39, 0.29) is 17.1 Å². The Balaban J connectivity index is 2.98. The molecule has 3 nitrogen and oxygen atoms in total. The van der Waals surface area contributed by atoms with E-state index in [2.05, 4.69) is 4.74 Å². The number of halogens is 2. The van der Waals surface area contributed by atoms with Gasteiger partial charge in [0.25, 0.3) is 0 Å². The zero-order chi connectivity index (χ0) is 10.7. The van der Waals surface area contributed by atoms with Crippen LogP contribution in [0.5, 0.6) is 0 Å². The topological polar surface area (TPSA) is 52.3 Å². The Morgan fingerprint density at radius 3 is 2.86 bits per heavy atom. The first-order valence-corrected chi connectivity index (χ1v) is 4.22. The summed E-state index contributed by atoms with van der Waals surface area (Å²) in [4.78, 5) is 10.9. The largest absolute Gasteiger partial charge is 0.469 e. The van der Waals surface area contributed by atoms with Crippen molar-refractivity contribution >= 4 is 23.3 Å². The summed E-state index contributed by atoms with van der Waals surface area (Å²) in [7, 11) is 1.27. The van der Waals surface area contributed by atoms with Crippen LogP contribution in [0, 0.1) is 5.82 Å². The molecule has 76 valence electrons. The fourth-order valence-electron chi connectivity index (χ4n) is 0.976. The highest BCUT2D eigenvalue weighted by atomic mass is 35.5. The molecule has 0 heterocycles. The summed E-state index contributed by atoms with van der Waals surface area (Å²) in [5.41, 5.74) is 5.74. The monoisotopic (exact) mass is 217 g/mol. The van der Waals surface area contributed by atoms with Crippen molar-refractivity contribution in [1.29, 1.82) is 0 Å². The number of hydrogen-bond donors (Lipinski definition) is 1. The molecule has 0 unspecified atom stereocenters. The Labute approximate surface area is 85.6 Å². The maximum atomic E-state index is 12.9. The van der Waals surface area contributed by atoms with Crippen LogP contribution in [-0.2, 0) is 16.0 Å². The number of nitrogens with two attached hydrogens (primary N) is 1. The lowest BCUT2D eigenvalue weighted by Crippen LogP contribution is -2.06. The molecule has 1 aromatic carbocycles. The molecule has 2 N–H and O–H groups in total. The minimum absolute atomic E-state index is 0.0141. The molecule has 0 radical (unpaired) electrons.